The van der Waals surface area contributed by atoms with Gasteiger partial charge in [-0.15, -0.1) is 0 Å². The number of esters is 1. The first-order valence-electron chi connectivity index (χ1n) is 6.93. The van der Waals surface area contributed by atoms with Crippen molar-refractivity contribution in [2.45, 2.75) is 13.0 Å². The van der Waals surface area contributed by atoms with Crippen LogP contribution in [-0.2, 0) is 16.1 Å². The Morgan fingerprint density at radius 2 is 1.95 bits per heavy atom. The summed E-state index contributed by atoms with van der Waals surface area (Å²) >= 11 is 3.51. The first-order chi connectivity index (χ1) is 9.67. The van der Waals surface area contributed by atoms with Crippen LogP contribution in [0.15, 0.2) is 28.7 Å². The number of nitrogens with zero attached hydrogens (tertiary/aromatic N) is 2. The highest BCUT2D eigenvalue weighted by Gasteiger charge is 2.17. The van der Waals surface area contributed by atoms with Crippen molar-refractivity contribution < 1.29 is 9.53 Å². The van der Waals surface area contributed by atoms with Crippen molar-refractivity contribution in [1.29, 1.82) is 0 Å². The van der Waals surface area contributed by atoms with Crippen LogP contribution in [0, 0.1) is 0 Å². The van der Waals surface area contributed by atoms with Crippen molar-refractivity contribution in [2.24, 2.45) is 0 Å². The molecule has 1 aromatic carbocycles. The highest BCUT2D eigenvalue weighted by molar-refractivity contribution is 9.10. The van der Waals surface area contributed by atoms with Crippen LogP contribution in [0.3, 0.4) is 0 Å². The Morgan fingerprint density at radius 3 is 2.60 bits per heavy atom. The lowest BCUT2D eigenvalue weighted by Gasteiger charge is -2.34. The van der Waals surface area contributed by atoms with E-state index in [1.165, 1.54) is 12.7 Å². The quantitative estimate of drug-likeness (QED) is 0.769. The van der Waals surface area contributed by atoms with E-state index in [2.05, 4.69) is 48.7 Å². The summed E-state index contributed by atoms with van der Waals surface area (Å²) in [5.41, 5.74) is 1.34. The van der Waals surface area contributed by atoms with Gasteiger partial charge in [0.05, 0.1) is 13.5 Å². The Bertz CT molecular complexity index is 445. The largest absolute Gasteiger partial charge is 0.469 e. The van der Waals surface area contributed by atoms with E-state index in [1.54, 1.807) is 0 Å². The van der Waals surface area contributed by atoms with Gasteiger partial charge in [-0.05, 0) is 17.7 Å². The normalized spacial score (nSPS) is 17.1. The van der Waals surface area contributed by atoms with Gasteiger partial charge in [-0.25, -0.2) is 0 Å². The SMILES string of the molecule is COC(=O)CCN1CCN(Cc2cccc(Br)c2)CC1. The molecule has 2 rings (SSSR count). The lowest BCUT2D eigenvalue weighted by molar-refractivity contribution is -0.141. The predicted molar refractivity (Wildman–Crippen MR) is 82.5 cm³/mol. The fourth-order valence-electron chi connectivity index (χ4n) is 2.42. The molecule has 1 aliphatic rings. The zero-order chi connectivity index (χ0) is 14.4. The van der Waals surface area contributed by atoms with Gasteiger partial charge < -0.3 is 9.64 Å². The Kier molecular flexibility index (Phi) is 6.01. The Balaban J connectivity index is 1.73. The fraction of sp³-hybridized carbons (Fsp3) is 0.533. The number of benzene rings is 1. The summed E-state index contributed by atoms with van der Waals surface area (Å²) in [5, 5.41) is 0. The molecule has 0 unspecified atom stereocenters. The number of piperazine rings is 1. The van der Waals surface area contributed by atoms with Crippen LogP contribution in [0.1, 0.15) is 12.0 Å². The molecule has 1 aliphatic heterocycles. The summed E-state index contributed by atoms with van der Waals surface area (Å²) in [6.45, 7) is 5.93. The van der Waals surface area contributed by atoms with Gasteiger partial charge in [-0.2, -0.15) is 0 Å². The van der Waals surface area contributed by atoms with E-state index in [-0.39, 0.29) is 5.97 Å². The summed E-state index contributed by atoms with van der Waals surface area (Å²) in [7, 11) is 1.44. The van der Waals surface area contributed by atoms with E-state index in [9.17, 15) is 4.79 Å². The fourth-order valence-corrected chi connectivity index (χ4v) is 2.86. The Labute approximate surface area is 128 Å². The minimum absolute atomic E-state index is 0.124. The molecule has 1 heterocycles. The number of ether oxygens (including phenoxy) is 1. The Morgan fingerprint density at radius 1 is 1.25 bits per heavy atom. The summed E-state index contributed by atoms with van der Waals surface area (Å²) in [5.74, 6) is -0.124. The molecule has 0 saturated carbocycles. The van der Waals surface area contributed by atoms with Crippen molar-refractivity contribution in [1.82, 2.24) is 9.80 Å². The maximum atomic E-state index is 11.1. The molecule has 1 aromatic rings. The summed E-state index contributed by atoms with van der Waals surface area (Å²) in [4.78, 5) is 15.9. The second-order valence-corrected chi connectivity index (χ2v) is 5.99. The number of hydrogen-bond acceptors (Lipinski definition) is 4. The molecule has 0 bridgehead atoms. The summed E-state index contributed by atoms with van der Waals surface area (Å²) < 4.78 is 5.80. The number of halogens is 1. The third kappa shape index (κ3) is 4.89. The molecular weight excluding hydrogens is 320 g/mol. The molecule has 4 nitrogen and oxygen atoms in total. The van der Waals surface area contributed by atoms with Gasteiger partial charge in [-0.1, -0.05) is 28.1 Å². The highest BCUT2D eigenvalue weighted by Crippen LogP contribution is 2.14. The molecule has 0 N–H and O–H groups in total. The van der Waals surface area contributed by atoms with Gasteiger partial charge in [0.15, 0.2) is 0 Å². The van der Waals surface area contributed by atoms with Crippen LogP contribution in [-0.4, -0.2) is 55.6 Å². The number of carbonyl (C=O) groups excluding carboxylic acids is 1. The number of rotatable bonds is 5. The second kappa shape index (κ2) is 7.76. The molecule has 0 radical (unpaired) electrons. The summed E-state index contributed by atoms with van der Waals surface area (Å²) in [6, 6.07) is 8.46. The first-order valence-corrected chi connectivity index (χ1v) is 7.72. The van der Waals surface area contributed by atoms with Crippen molar-refractivity contribution in [3.05, 3.63) is 34.3 Å². The van der Waals surface area contributed by atoms with E-state index in [0.29, 0.717) is 6.42 Å². The standard InChI is InChI=1S/C15H21BrN2O2/c1-20-15(19)5-6-17-7-9-18(10-8-17)12-13-3-2-4-14(16)11-13/h2-4,11H,5-10,12H2,1H3. The lowest BCUT2D eigenvalue weighted by Crippen LogP contribution is -2.46. The van der Waals surface area contributed by atoms with Gasteiger partial charge in [-0.3, -0.25) is 9.69 Å². The average Bonchev–Trinajstić information content (AvgIpc) is 2.46. The van der Waals surface area contributed by atoms with Crippen molar-refractivity contribution in [3.8, 4) is 0 Å². The zero-order valence-corrected chi connectivity index (χ0v) is 13.4. The van der Waals surface area contributed by atoms with Crippen molar-refractivity contribution in [3.63, 3.8) is 0 Å². The summed E-state index contributed by atoms with van der Waals surface area (Å²) in [6.07, 6.45) is 0.488. The van der Waals surface area contributed by atoms with Crippen LogP contribution in [0.4, 0.5) is 0 Å². The molecule has 1 fully saturated rings. The van der Waals surface area contributed by atoms with E-state index in [4.69, 9.17) is 0 Å². The predicted octanol–water partition coefficient (Wildman–Crippen LogP) is 2.13. The molecule has 0 atom stereocenters. The minimum Gasteiger partial charge on any atom is -0.469 e. The van der Waals surface area contributed by atoms with E-state index >= 15 is 0 Å². The topological polar surface area (TPSA) is 32.8 Å². The van der Waals surface area contributed by atoms with E-state index in [0.717, 1.165) is 43.7 Å². The highest BCUT2D eigenvalue weighted by atomic mass is 79.9. The van der Waals surface area contributed by atoms with Gasteiger partial charge >= 0.3 is 5.97 Å². The van der Waals surface area contributed by atoms with Crippen LogP contribution in [0.2, 0.25) is 0 Å². The van der Waals surface area contributed by atoms with Crippen LogP contribution in [0.5, 0.6) is 0 Å². The molecular formula is C15H21BrN2O2. The molecule has 0 aliphatic carbocycles. The first kappa shape index (κ1) is 15.5. The van der Waals surface area contributed by atoms with Gasteiger partial charge in [0.2, 0.25) is 0 Å². The average molecular weight is 341 g/mol. The Hall–Kier alpha value is -0.910. The maximum absolute atomic E-state index is 11.1. The van der Waals surface area contributed by atoms with Gasteiger partial charge in [0.25, 0.3) is 0 Å². The molecule has 0 aromatic heterocycles. The molecule has 5 heteroatoms. The van der Waals surface area contributed by atoms with E-state index < -0.39 is 0 Å². The number of hydrogen-bond donors (Lipinski definition) is 0. The van der Waals surface area contributed by atoms with Crippen molar-refractivity contribution >= 4 is 21.9 Å². The number of methoxy groups -OCH3 is 1. The smallest absolute Gasteiger partial charge is 0.306 e. The number of carbonyl (C=O) groups is 1. The van der Waals surface area contributed by atoms with Crippen LogP contribution < -0.4 is 0 Å². The van der Waals surface area contributed by atoms with Crippen LogP contribution >= 0.6 is 15.9 Å². The van der Waals surface area contributed by atoms with Crippen molar-refractivity contribution in [2.75, 3.05) is 39.8 Å². The maximum Gasteiger partial charge on any atom is 0.306 e. The third-order valence-electron chi connectivity index (χ3n) is 3.62. The molecule has 20 heavy (non-hydrogen) atoms. The zero-order valence-electron chi connectivity index (χ0n) is 11.8. The molecule has 1 saturated heterocycles. The molecule has 0 spiro atoms. The second-order valence-electron chi connectivity index (χ2n) is 5.07. The van der Waals surface area contributed by atoms with Gasteiger partial charge in [0, 0.05) is 43.7 Å². The van der Waals surface area contributed by atoms with Crippen LogP contribution in [0.25, 0.3) is 0 Å². The molecule has 110 valence electrons. The van der Waals surface area contributed by atoms with E-state index in [1.807, 2.05) is 6.07 Å². The minimum atomic E-state index is -0.124. The van der Waals surface area contributed by atoms with Gasteiger partial charge in [0.1, 0.15) is 0 Å². The monoisotopic (exact) mass is 340 g/mol. The lowest BCUT2D eigenvalue weighted by atomic mass is 10.2. The molecule has 0 amide bonds. The third-order valence-corrected chi connectivity index (χ3v) is 4.11.